The van der Waals surface area contributed by atoms with E-state index in [0.29, 0.717) is 6.07 Å². The van der Waals surface area contributed by atoms with Gasteiger partial charge in [0.1, 0.15) is 5.56 Å². The molecule has 0 radical (unpaired) electrons. The second kappa shape index (κ2) is 4.60. The highest BCUT2D eigenvalue weighted by Crippen LogP contribution is 2.34. The molecule has 0 amide bonds. The number of hydrogen-bond donors (Lipinski definition) is 0. The first-order chi connectivity index (χ1) is 7.75. The Hall–Kier alpha value is -1.79. The summed E-state index contributed by atoms with van der Waals surface area (Å²) in [6.45, 7) is 2.98. The van der Waals surface area contributed by atoms with Crippen LogP contribution in [-0.2, 0) is 10.9 Å². The molecule has 0 aliphatic carbocycles. The highest BCUT2D eigenvalue weighted by atomic mass is 19.4. The monoisotopic (exact) mass is 250 g/mol. The number of ether oxygens (including phenoxy) is 1. The zero-order valence-electron chi connectivity index (χ0n) is 9.00. The minimum Gasteiger partial charge on any atom is -0.459 e. The van der Waals surface area contributed by atoms with E-state index in [1.165, 1.54) is 13.8 Å². The number of carbonyl (C=O) groups is 2. The Bertz CT molecular complexity index is 431. The Morgan fingerprint density at radius 1 is 1.47 bits per heavy atom. The molecule has 1 aromatic heterocycles. The second-order valence-electron chi connectivity index (χ2n) is 3.46. The van der Waals surface area contributed by atoms with E-state index < -0.39 is 35.3 Å². The minimum atomic E-state index is -4.85. The van der Waals surface area contributed by atoms with Crippen LogP contribution in [0.3, 0.4) is 0 Å². The van der Waals surface area contributed by atoms with Crippen molar-refractivity contribution in [1.82, 2.24) is 0 Å². The molecule has 1 rings (SSSR count). The first-order valence-corrected chi connectivity index (χ1v) is 4.63. The summed E-state index contributed by atoms with van der Waals surface area (Å²) in [5.74, 6) is -3.28. The summed E-state index contributed by atoms with van der Waals surface area (Å²) in [6, 6.07) is 0.709. The van der Waals surface area contributed by atoms with Gasteiger partial charge in [-0.2, -0.15) is 13.2 Å². The van der Waals surface area contributed by atoms with Crippen molar-refractivity contribution >= 4 is 12.3 Å². The van der Waals surface area contributed by atoms with Gasteiger partial charge in [-0.15, -0.1) is 0 Å². The third-order valence-corrected chi connectivity index (χ3v) is 1.69. The van der Waals surface area contributed by atoms with Gasteiger partial charge in [0.2, 0.25) is 5.76 Å². The highest BCUT2D eigenvalue weighted by Gasteiger charge is 2.41. The van der Waals surface area contributed by atoms with E-state index in [9.17, 15) is 22.8 Å². The molecule has 0 atom stereocenters. The van der Waals surface area contributed by atoms with Gasteiger partial charge < -0.3 is 9.15 Å². The van der Waals surface area contributed by atoms with Gasteiger partial charge in [0.05, 0.1) is 6.10 Å². The molecule has 0 saturated heterocycles. The summed E-state index contributed by atoms with van der Waals surface area (Å²) in [6.07, 6.45) is -5.34. The summed E-state index contributed by atoms with van der Waals surface area (Å²) in [4.78, 5) is 21.7. The largest absolute Gasteiger partial charge is 0.459 e. The van der Waals surface area contributed by atoms with Crippen LogP contribution in [-0.4, -0.2) is 18.4 Å². The molecule has 17 heavy (non-hydrogen) atoms. The van der Waals surface area contributed by atoms with Crippen LogP contribution in [0.2, 0.25) is 0 Å². The van der Waals surface area contributed by atoms with Crippen LogP contribution in [0.15, 0.2) is 10.5 Å². The Morgan fingerprint density at radius 2 is 2.06 bits per heavy atom. The number of furan rings is 1. The fourth-order valence-electron chi connectivity index (χ4n) is 1.11. The Morgan fingerprint density at radius 3 is 2.47 bits per heavy atom. The van der Waals surface area contributed by atoms with Crippen LogP contribution >= 0.6 is 0 Å². The molecule has 1 heterocycles. The SMILES string of the molecule is CC(C)OC(=O)c1cc(C=O)oc1C(F)(F)F. The highest BCUT2D eigenvalue weighted by molar-refractivity contribution is 5.92. The molecule has 4 nitrogen and oxygen atoms in total. The van der Waals surface area contributed by atoms with E-state index >= 15 is 0 Å². The Kier molecular flexibility index (Phi) is 3.59. The summed E-state index contributed by atoms with van der Waals surface area (Å²) in [5.41, 5.74) is -0.798. The molecule has 0 saturated carbocycles. The van der Waals surface area contributed by atoms with E-state index in [4.69, 9.17) is 0 Å². The molecule has 0 aromatic carbocycles. The summed E-state index contributed by atoms with van der Waals surface area (Å²) in [5, 5.41) is 0. The predicted molar refractivity (Wildman–Crippen MR) is 49.6 cm³/mol. The molecule has 0 N–H and O–H groups in total. The molecule has 0 aliphatic rings. The first-order valence-electron chi connectivity index (χ1n) is 4.63. The average Bonchev–Trinajstić information content (AvgIpc) is 2.59. The van der Waals surface area contributed by atoms with Gasteiger partial charge in [-0.3, -0.25) is 4.79 Å². The van der Waals surface area contributed by atoms with Crippen LogP contribution in [0.4, 0.5) is 13.2 Å². The molecule has 94 valence electrons. The average molecular weight is 250 g/mol. The molecule has 0 aliphatic heterocycles. The lowest BCUT2D eigenvalue weighted by atomic mass is 10.2. The Balaban J connectivity index is 3.17. The van der Waals surface area contributed by atoms with Crippen LogP contribution in [0.1, 0.15) is 40.5 Å². The number of carbonyl (C=O) groups excluding carboxylic acids is 2. The zero-order valence-corrected chi connectivity index (χ0v) is 9.00. The van der Waals surface area contributed by atoms with Crippen molar-refractivity contribution in [2.75, 3.05) is 0 Å². The van der Waals surface area contributed by atoms with Gasteiger partial charge >= 0.3 is 12.1 Å². The maximum Gasteiger partial charge on any atom is 0.450 e. The quantitative estimate of drug-likeness (QED) is 0.611. The molecule has 0 fully saturated rings. The van der Waals surface area contributed by atoms with E-state index in [-0.39, 0.29) is 6.29 Å². The van der Waals surface area contributed by atoms with Crippen molar-refractivity contribution in [3.8, 4) is 0 Å². The fourth-order valence-corrected chi connectivity index (χ4v) is 1.11. The van der Waals surface area contributed by atoms with Crippen LogP contribution < -0.4 is 0 Å². The second-order valence-corrected chi connectivity index (χ2v) is 3.46. The lowest BCUT2D eigenvalue weighted by Crippen LogP contribution is -2.16. The lowest BCUT2D eigenvalue weighted by molar-refractivity contribution is -0.153. The number of halogens is 3. The molecular weight excluding hydrogens is 241 g/mol. The van der Waals surface area contributed by atoms with Crippen LogP contribution in [0, 0.1) is 0 Å². The first kappa shape index (κ1) is 13.3. The van der Waals surface area contributed by atoms with Gasteiger partial charge in [-0.25, -0.2) is 4.79 Å². The van der Waals surface area contributed by atoms with E-state index in [1.54, 1.807) is 0 Å². The number of rotatable bonds is 3. The van der Waals surface area contributed by atoms with Gasteiger partial charge in [-0.1, -0.05) is 0 Å². The summed E-state index contributed by atoms with van der Waals surface area (Å²) >= 11 is 0. The third-order valence-electron chi connectivity index (χ3n) is 1.69. The van der Waals surface area contributed by atoms with Crippen molar-refractivity contribution in [2.45, 2.75) is 26.1 Å². The molecule has 7 heteroatoms. The predicted octanol–water partition coefficient (Wildman–Crippen LogP) is 2.68. The number of esters is 1. The summed E-state index contributed by atoms with van der Waals surface area (Å²) in [7, 11) is 0. The fraction of sp³-hybridized carbons (Fsp3) is 0.400. The van der Waals surface area contributed by atoms with Crippen molar-refractivity contribution < 1.29 is 31.9 Å². The number of aldehydes is 1. The van der Waals surface area contributed by atoms with E-state index in [2.05, 4.69) is 9.15 Å². The molecule has 0 bridgehead atoms. The van der Waals surface area contributed by atoms with Crippen molar-refractivity contribution in [1.29, 1.82) is 0 Å². The smallest absolute Gasteiger partial charge is 0.450 e. The Labute approximate surface area is 94.3 Å². The zero-order chi connectivity index (χ0) is 13.2. The maximum atomic E-state index is 12.5. The van der Waals surface area contributed by atoms with Crippen LogP contribution in [0.5, 0.6) is 0 Å². The van der Waals surface area contributed by atoms with E-state index in [1.807, 2.05) is 0 Å². The summed E-state index contributed by atoms with van der Waals surface area (Å²) < 4.78 is 46.3. The van der Waals surface area contributed by atoms with Crippen molar-refractivity contribution in [3.63, 3.8) is 0 Å². The minimum absolute atomic E-state index is 0.0847. The topological polar surface area (TPSA) is 56.5 Å². The molecule has 1 aromatic rings. The third kappa shape index (κ3) is 3.08. The van der Waals surface area contributed by atoms with Gasteiger partial charge in [0.25, 0.3) is 0 Å². The number of alkyl halides is 3. The molecular formula is C10H9F3O4. The van der Waals surface area contributed by atoms with E-state index in [0.717, 1.165) is 0 Å². The lowest BCUT2D eigenvalue weighted by Gasteiger charge is -2.08. The van der Waals surface area contributed by atoms with Gasteiger partial charge in [0.15, 0.2) is 12.0 Å². The molecule has 0 unspecified atom stereocenters. The standard InChI is InChI=1S/C10H9F3O4/c1-5(2)16-9(15)7-3-6(4-14)17-8(7)10(11,12)13/h3-5H,1-2H3. The van der Waals surface area contributed by atoms with Gasteiger partial charge in [-0.05, 0) is 13.8 Å². The van der Waals surface area contributed by atoms with Crippen molar-refractivity contribution in [3.05, 3.63) is 23.2 Å². The molecule has 0 spiro atoms. The number of hydrogen-bond acceptors (Lipinski definition) is 4. The van der Waals surface area contributed by atoms with Crippen LogP contribution in [0.25, 0.3) is 0 Å². The normalized spacial score (nSPS) is 11.6. The van der Waals surface area contributed by atoms with Crippen molar-refractivity contribution in [2.24, 2.45) is 0 Å². The maximum absolute atomic E-state index is 12.5. The van der Waals surface area contributed by atoms with Gasteiger partial charge in [0, 0.05) is 6.07 Å².